The SMILES string of the molecule is Cc1cc(Cl)c2c3c(ccc2c1)C1=C(CCC=C1)CC3. The molecule has 0 saturated carbocycles. The van der Waals surface area contributed by atoms with E-state index >= 15 is 0 Å². The Morgan fingerprint density at radius 2 is 1.95 bits per heavy atom. The summed E-state index contributed by atoms with van der Waals surface area (Å²) in [5.41, 5.74) is 7.16. The quantitative estimate of drug-likeness (QED) is 0.568. The molecular formula is C19H17Cl. The molecule has 2 aromatic carbocycles. The van der Waals surface area contributed by atoms with E-state index in [-0.39, 0.29) is 0 Å². The van der Waals surface area contributed by atoms with Gasteiger partial charge >= 0.3 is 0 Å². The van der Waals surface area contributed by atoms with Gasteiger partial charge in [-0.15, -0.1) is 0 Å². The van der Waals surface area contributed by atoms with Crippen LogP contribution in [0.3, 0.4) is 0 Å². The van der Waals surface area contributed by atoms with Crippen LogP contribution in [0.5, 0.6) is 0 Å². The van der Waals surface area contributed by atoms with Crippen LogP contribution in [0.1, 0.15) is 36.0 Å². The molecule has 2 aliphatic carbocycles. The minimum Gasteiger partial charge on any atom is -0.0836 e. The average molecular weight is 281 g/mol. The fourth-order valence-electron chi connectivity index (χ4n) is 3.67. The molecule has 0 N–H and O–H groups in total. The topological polar surface area (TPSA) is 0 Å². The van der Waals surface area contributed by atoms with E-state index in [1.807, 2.05) is 0 Å². The molecule has 0 saturated heterocycles. The van der Waals surface area contributed by atoms with Crippen LogP contribution in [0.15, 0.2) is 42.0 Å². The van der Waals surface area contributed by atoms with Gasteiger partial charge in [0.25, 0.3) is 0 Å². The fraction of sp³-hybridized carbons (Fsp3) is 0.263. The molecule has 20 heavy (non-hydrogen) atoms. The summed E-state index contributed by atoms with van der Waals surface area (Å²) in [6.07, 6.45) is 9.35. The summed E-state index contributed by atoms with van der Waals surface area (Å²) in [6.45, 7) is 2.11. The third-order valence-corrected chi connectivity index (χ3v) is 4.86. The van der Waals surface area contributed by atoms with Crippen LogP contribution in [0, 0.1) is 6.92 Å². The molecule has 0 fully saturated rings. The molecule has 0 bridgehead atoms. The van der Waals surface area contributed by atoms with E-state index in [9.17, 15) is 0 Å². The summed E-state index contributed by atoms with van der Waals surface area (Å²) in [5.74, 6) is 0. The van der Waals surface area contributed by atoms with E-state index < -0.39 is 0 Å². The zero-order chi connectivity index (χ0) is 13.7. The smallest absolute Gasteiger partial charge is 0.0490 e. The Kier molecular flexibility index (Phi) is 2.75. The van der Waals surface area contributed by atoms with Crippen molar-refractivity contribution in [3.05, 3.63) is 63.7 Å². The number of fused-ring (bicyclic) bond motifs is 4. The van der Waals surface area contributed by atoms with Crippen LogP contribution in [0.4, 0.5) is 0 Å². The molecule has 0 aromatic heterocycles. The molecule has 4 rings (SSSR count). The number of hydrogen-bond acceptors (Lipinski definition) is 0. The van der Waals surface area contributed by atoms with Crippen molar-refractivity contribution in [1.29, 1.82) is 0 Å². The van der Waals surface area contributed by atoms with Gasteiger partial charge < -0.3 is 0 Å². The van der Waals surface area contributed by atoms with Crippen molar-refractivity contribution in [1.82, 2.24) is 0 Å². The molecule has 1 heteroatoms. The molecule has 0 amide bonds. The Hall–Kier alpha value is -1.53. The van der Waals surface area contributed by atoms with E-state index in [2.05, 4.69) is 43.3 Å². The van der Waals surface area contributed by atoms with Gasteiger partial charge in [0.2, 0.25) is 0 Å². The van der Waals surface area contributed by atoms with E-state index in [0.29, 0.717) is 0 Å². The first-order chi connectivity index (χ1) is 9.74. The van der Waals surface area contributed by atoms with Gasteiger partial charge in [-0.3, -0.25) is 0 Å². The Bertz CT molecular complexity index is 778. The molecule has 0 spiro atoms. The van der Waals surface area contributed by atoms with Crippen molar-refractivity contribution < 1.29 is 0 Å². The monoisotopic (exact) mass is 280 g/mol. The average Bonchev–Trinajstić information content (AvgIpc) is 2.46. The number of allylic oxidation sites excluding steroid dienone is 4. The van der Waals surface area contributed by atoms with Crippen LogP contribution in [0.2, 0.25) is 5.02 Å². The van der Waals surface area contributed by atoms with Gasteiger partial charge in [-0.05, 0) is 66.3 Å². The first kappa shape index (κ1) is 12.2. The maximum Gasteiger partial charge on any atom is 0.0490 e. The highest BCUT2D eigenvalue weighted by molar-refractivity contribution is 6.36. The summed E-state index contributed by atoms with van der Waals surface area (Å²) < 4.78 is 0. The summed E-state index contributed by atoms with van der Waals surface area (Å²) >= 11 is 6.54. The predicted molar refractivity (Wildman–Crippen MR) is 87.3 cm³/mol. The maximum absolute atomic E-state index is 6.54. The number of rotatable bonds is 0. The second-order valence-corrected chi connectivity index (χ2v) is 6.30. The zero-order valence-electron chi connectivity index (χ0n) is 11.7. The van der Waals surface area contributed by atoms with Crippen LogP contribution in [-0.4, -0.2) is 0 Å². The Labute approximate surface area is 124 Å². The minimum absolute atomic E-state index is 0.903. The third-order valence-electron chi connectivity index (χ3n) is 4.57. The molecule has 0 radical (unpaired) electrons. The second-order valence-electron chi connectivity index (χ2n) is 5.89. The first-order valence-electron chi connectivity index (χ1n) is 7.35. The van der Waals surface area contributed by atoms with Crippen molar-refractivity contribution in [3.63, 3.8) is 0 Å². The third kappa shape index (κ3) is 1.75. The van der Waals surface area contributed by atoms with Gasteiger partial charge in [-0.25, -0.2) is 0 Å². The van der Waals surface area contributed by atoms with E-state index in [1.54, 1.807) is 5.57 Å². The van der Waals surface area contributed by atoms with Gasteiger partial charge in [0, 0.05) is 10.4 Å². The van der Waals surface area contributed by atoms with Gasteiger partial charge in [-0.1, -0.05) is 47.5 Å². The number of benzene rings is 2. The number of hydrogen-bond donors (Lipinski definition) is 0. The van der Waals surface area contributed by atoms with Gasteiger partial charge in [0.1, 0.15) is 0 Å². The summed E-state index contributed by atoms with van der Waals surface area (Å²) in [6, 6.07) is 8.84. The van der Waals surface area contributed by atoms with Crippen LogP contribution in [-0.2, 0) is 6.42 Å². The van der Waals surface area contributed by atoms with Crippen molar-refractivity contribution in [2.24, 2.45) is 0 Å². The molecule has 0 nitrogen and oxygen atoms in total. The minimum atomic E-state index is 0.903. The van der Waals surface area contributed by atoms with Crippen molar-refractivity contribution in [2.45, 2.75) is 32.6 Å². The van der Waals surface area contributed by atoms with E-state index in [1.165, 1.54) is 52.3 Å². The molecule has 2 aliphatic rings. The lowest BCUT2D eigenvalue weighted by atomic mass is 9.79. The molecule has 0 aliphatic heterocycles. The van der Waals surface area contributed by atoms with Gasteiger partial charge in [-0.2, -0.15) is 0 Å². The zero-order valence-corrected chi connectivity index (χ0v) is 12.4. The molecular weight excluding hydrogens is 264 g/mol. The largest absolute Gasteiger partial charge is 0.0836 e. The Morgan fingerprint density at radius 1 is 1.05 bits per heavy atom. The van der Waals surface area contributed by atoms with Crippen LogP contribution >= 0.6 is 11.6 Å². The number of halogens is 1. The van der Waals surface area contributed by atoms with Crippen molar-refractivity contribution >= 4 is 27.9 Å². The van der Waals surface area contributed by atoms with Crippen molar-refractivity contribution in [3.8, 4) is 0 Å². The lowest BCUT2D eigenvalue weighted by molar-refractivity contribution is 0.831. The highest BCUT2D eigenvalue weighted by atomic mass is 35.5. The molecule has 100 valence electrons. The highest BCUT2D eigenvalue weighted by Crippen LogP contribution is 2.41. The van der Waals surface area contributed by atoms with Gasteiger partial charge in [0.05, 0.1) is 0 Å². The standard InChI is InChI=1S/C19H17Cl/c1-12-10-14-7-8-16-15-5-3-2-4-13(15)6-9-17(16)19(14)18(20)11-12/h3,5,7-8,10-11H,2,4,6,9H2,1H3. The van der Waals surface area contributed by atoms with Crippen LogP contribution in [0.25, 0.3) is 16.3 Å². The summed E-state index contributed by atoms with van der Waals surface area (Å²) in [4.78, 5) is 0. The predicted octanol–water partition coefficient (Wildman–Crippen LogP) is 5.85. The fourth-order valence-corrected chi connectivity index (χ4v) is 4.06. The van der Waals surface area contributed by atoms with Crippen LogP contribution < -0.4 is 0 Å². The Balaban J connectivity index is 2.05. The first-order valence-corrected chi connectivity index (χ1v) is 7.72. The van der Waals surface area contributed by atoms with Crippen molar-refractivity contribution in [2.75, 3.05) is 0 Å². The lowest BCUT2D eigenvalue weighted by Crippen LogP contribution is -2.07. The molecule has 0 heterocycles. The van der Waals surface area contributed by atoms with Gasteiger partial charge in [0.15, 0.2) is 0 Å². The lowest BCUT2D eigenvalue weighted by Gasteiger charge is -2.25. The number of aryl methyl sites for hydroxylation is 2. The molecule has 0 atom stereocenters. The van der Waals surface area contributed by atoms with E-state index in [0.717, 1.165) is 11.4 Å². The van der Waals surface area contributed by atoms with E-state index in [4.69, 9.17) is 11.6 Å². The normalized spacial score (nSPS) is 17.3. The Morgan fingerprint density at radius 3 is 2.85 bits per heavy atom. The highest BCUT2D eigenvalue weighted by Gasteiger charge is 2.21. The summed E-state index contributed by atoms with van der Waals surface area (Å²) in [5, 5.41) is 3.44. The second kappa shape index (κ2) is 4.49. The molecule has 2 aromatic rings. The summed E-state index contributed by atoms with van der Waals surface area (Å²) in [7, 11) is 0. The molecule has 0 unspecified atom stereocenters. The maximum atomic E-state index is 6.54.